The van der Waals surface area contributed by atoms with E-state index in [0.29, 0.717) is 17.4 Å². The van der Waals surface area contributed by atoms with Crippen LogP contribution in [0.5, 0.6) is 5.75 Å². The molecule has 2 aromatic carbocycles. The third kappa shape index (κ3) is 5.09. The quantitative estimate of drug-likeness (QED) is 0.344. The molecule has 0 amide bonds. The minimum Gasteiger partial charge on any atom is -0.490 e. The van der Waals surface area contributed by atoms with Crippen LogP contribution in [0.4, 0.5) is 0 Å². The number of pyridine rings is 1. The SMILES string of the molecule is CC(C)Oc1ccc(-c2nnc(-c3cccc4c3CCC[C@@H]4NCc3cccnc3)s2)cc1C#N. The number of rotatable bonds is 7. The topological polar surface area (TPSA) is 83.7 Å². The van der Waals surface area contributed by atoms with Gasteiger partial charge in [-0.1, -0.05) is 35.6 Å². The third-order valence-electron chi connectivity index (χ3n) is 6.15. The Kier molecular flexibility index (Phi) is 6.84. The fourth-order valence-corrected chi connectivity index (χ4v) is 5.45. The Labute approximate surface area is 209 Å². The largest absolute Gasteiger partial charge is 0.490 e. The van der Waals surface area contributed by atoms with Crippen LogP contribution >= 0.6 is 11.3 Å². The molecule has 1 atom stereocenters. The lowest BCUT2D eigenvalue weighted by atomic mass is 9.85. The van der Waals surface area contributed by atoms with Crippen molar-refractivity contribution in [3.63, 3.8) is 0 Å². The lowest BCUT2D eigenvalue weighted by Crippen LogP contribution is -2.25. The van der Waals surface area contributed by atoms with Gasteiger partial charge in [0.25, 0.3) is 0 Å². The summed E-state index contributed by atoms with van der Waals surface area (Å²) < 4.78 is 5.76. The van der Waals surface area contributed by atoms with Gasteiger partial charge in [-0.05, 0) is 74.1 Å². The maximum atomic E-state index is 9.59. The van der Waals surface area contributed by atoms with E-state index in [1.807, 2.05) is 44.3 Å². The van der Waals surface area contributed by atoms with Crippen LogP contribution in [0.25, 0.3) is 21.1 Å². The molecule has 7 heteroatoms. The summed E-state index contributed by atoms with van der Waals surface area (Å²) >= 11 is 1.56. The summed E-state index contributed by atoms with van der Waals surface area (Å²) in [6, 6.07) is 18.7. The highest BCUT2D eigenvalue weighted by Gasteiger charge is 2.24. The minimum absolute atomic E-state index is 0.00742. The number of benzene rings is 2. The summed E-state index contributed by atoms with van der Waals surface area (Å²) in [5, 5.41) is 24.0. The highest BCUT2D eigenvalue weighted by Crippen LogP contribution is 2.39. The molecule has 0 saturated carbocycles. The second kappa shape index (κ2) is 10.3. The number of nitrogens with zero attached hydrogens (tertiary/aromatic N) is 4. The second-order valence-electron chi connectivity index (χ2n) is 8.96. The first-order chi connectivity index (χ1) is 17.1. The number of fused-ring (bicyclic) bond motifs is 1. The highest BCUT2D eigenvalue weighted by molar-refractivity contribution is 7.17. The van der Waals surface area contributed by atoms with Crippen LogP contribution in [0.15, 0.2) is 60.9 Å². The maximum Gasteiger partial charge on any atom is 0.148 e. The number of hydrogen-bond acceptors (Lipinski definition) is 7. The monoisotopic (exact) mass is 481 g/mol. The lowest BCUT2D eigenvalue weighted by molar-refractivity contribution is 0.242. The Hall–Kier alpha value is -3.60. The van der Waals surface area contributed by atoms with Crippen molar-refractivity contribution in [2.24, 2.45) is 0 Å². The van der Waals surface area contributed by atoms with Gasteiger partial charge in [-0.2, -0.15) is 5.26 Å². The average molecular weight is 482 g/mol. The summed E-state index contributed by atoms with van der Waals surface area (Å²) in [5.41, 5.74) is 6.42. The van der Waals surface area contributed by atoms with Crippen molar-refractivity contribution in [3.05, 3.63) is 83.2 Å². The van der Waals surface area contributed by atoms with Crippen molar-refractivity contribution in [1.82, 2.24) is 20.5 Å². The first-order valence-corrected chi connectivity index (χ1v) is 12.7. The van der Waals surface area contributed by atoms with E-state index in [2.05, 4.69) is 50.8 Å². The fourth-order valence-electron chi connectivity index (χ4n) is 4.56. The summed E-state index contributed by atoms with van der Waals surface area (Å²) in [4.78, 5) is 4.22. The Morgan fingerprint density at radius 3 is 2.83 bits per heavy atom. The van der Waals surface area contributed by atoms with Crippen molar-refractivity contribution < 1.29 is 4.74 Å². The van der Waals surface area contributed by atoms with Crippen LogP contribution in [-0.2, 0) is 13.0 Å². The number of nitriles is 1. The van der Waals surface area contributed by atoms with E-state index in [1.54, 1.807) is 17.5 Å². The molecule has 4 aromatic rings. The molecule has 0 spiro atoms. The molecule has 35 heavy (non-hydrogen) atoms. The molecule has 0 bridgehead atoms. The van der Waals surface area contributed by atoms with Gasteiger partial charge in [0.15, 0.2) is 0 Å². The summed E-state index contributed by atoms with van der Waals surface area (Å²) in [5.74, 6) is 0.595. The zero-order valence-corrected chi connectivity index (χ0v) is 20.7. The molecule has 2 aromatic heterocycles. The molecule has 1 aliphatic carbocycles. The first-order valence-electron chi connectivity index (χ1n) is 11.9. The fraction of sp³-hybridized carbons (Fsp3) is 0.286. The Bertz CT molecular complexity index is 1360. The van der Waals surface area contributed by atoms with Gasteiger partial charge in [-0.25, -0.2) is 0 Å². The van der Waals surface area contributed by atoms with E-state index in [-0.39, 0.29) is 6.10 Å². The van der Waals surface area contributed by atoms with Crippen LogP contribution in [0.3, 0.4) is 0 Å². The normalized spacial score (nSPS) is 15.0. The first kappa shape index (κ1) is 23.2. The summed E-state index contributed by atoms with van der Waals surface area (Å²) in [7, 11) is 0. The van der Waals surface area contributed by atoms with Crippen LogP contribution in [0.1, 0.15) is 55.0 Å². The minimum atomic E-state index is 0.00742. The molecule has 176 valence electrons. The zero-order valence-electron chi connectivity index (χ0n) is 19.9. The van der Waals surface area contributed by atoms with Crippen LogP contribution < -0.4 is 10.1 Å². The number of nitrogens with one attached hydrogen (secondary N) is 1. The molecule has 1 aliphatic rings. The van der Waals surface area contributed by atoms with Crippen molar-refractivity contribution >= 4 is 11.3 Å². The molecule has 6 nitrogen and oxygen atoms in total. The Balaban J connectivity index is 1.41. The molecule has 2 heterocycles. The van der Waals surface area contributed by atoms with Gasteiger partial charge in [0.1, 0.15) is 21.8 Å². The van der Waals surface area contributed by atoms with Gasteiger partial charge >= 0.3 is 0 Å². The Morgan fingerprint density at radius 2 is 2.03 bits per heavy atom. The molecule has 0 saturated heterocycles. The van der Waals surface area contributed by atoms with Gasteiger partial charge in [0.2, 0.25) is 0 Å². The third-order valence-corrected chi connectivity index (χ3v) is 7.15. The Morgan fingerprint density at radius 1 is 1.14 bits per heavy atom. The van der Waals surface area contributed by atoms with Crippen molar-refractivity contribution in [2.75, 3.05) is 0 Å². The summed E-state index contributed by atoms with van der Waals surface area (Å²) in [6.07, 6.45) is 6.99. The number of hydrogen-bond donors (Lipinski definition) is 1. The molecule has 0 aliphatic heterocycles. The molecule has 5 rings (SSSR count). The van der Waals surface area contributed by atoms with Crippen LogP contribution in [-0.4, -0.2) is 21.3 Å². The van der Waals surface area contributed by atoms with E-state index in [1.165, 1.54) is 16.7 Å². The van der Waals surface area contributed by atoms with Gasteiger partial charge in [0, 0.05) is 36.1 Å². The second-order valence-corrected chi connectivity index (χ2v) is 9.94. The highest BCUT2D eigenvalue weighted by atomic mass is 32.1. The van der Waals surface area contributed by atoms with Gasteiger partial charge < -0.3 is 10.1 Å². The van der Waals surface area contributed by atoms with Gasteiger partial charge in [0.05, 0.1) is 11.7 Å². The number of ether oxygens (including phenoxy) is 1. The predicted molar refractivity (Wildman–Crippen MR) is 138 cm³/mol. The number of aromatic nitrogens is 3. The van der Waals surface area contributed by atoms with E-state index >= 15 is 0 Å². The predicted octanol–water partition coefficient (Wildman–Crippen LogP) is 6.09. The smallest absolute Gasteiger partial charge is 0.148 e. The lowest BCUT2D eigenvalue weighted by Gasteiger charge is -2.28. The van der Waals surface area contributed by atoms with E-state index in [4.69, 9.17) is 4.74 Å². The van der Waals surface area contributed by atoms with Crippen LogP contribution in [0, 0.1) is 11.3 Å². The molecule has 0 fully saturated rings. The van der Waals surface area contributed by atoms with Gasteiger partial charge in [-0.3, -0.25) is 4.98 Å². The molecule has 1 N–H and O–H groups in total. The van der Waals surface area contributed by atoms with Gasteiger partial charge in [-0.15, -0.1) is 10.2 Å². The van der Waals surface area contributed by atoms with Crippen LogP contribution in [0.2, 0.25) is 0 Å². The zero-order chi connectivity index (χ0) is 24.2. The van der Waals surface area contributed by atoms with E-state index in [9.17, 15) is 5.26 Å². The molecular formula is C28H27N5OS. The van der Waals surface area contributed by atoms with Crippen molar-refractivity contribution in [2.45, 2.75) is 51.8 Å². The van der Waals surface area contributed by atoms with E-state index < -0.39 is 0 Å². The molecule has 0 radical (unpaired) electrons. The van der Waals surface area contributed by atoms with Crippen molar-refractivity contribution in [1.29, 1.82) is 5.26 Å². The maximum absolute atomic E-state index is 9.59. The standard InChI is InChI=1S/C28H27N5OS/c1-18(2)34-26-12-11-20(14-21(26)15-29)27-32-33-28(35-27)24-9-3-8-23-22(24)7-4-10-25(23)31-17-19-6-5-13-30-16-19/h3,5-6,8-9,11-14,16,18,25,31H,4,7,10,17H2,1-2H3/t25-/m0/s1. The average Bonchev–Trinajstić information content (AvgIpc) is 3.38. The molecule has 0 unspecified atom stereocenters. The summed E-state index contributed by atoms with van der Waals surface area (Å²) in [6.45, 7) is 4.69. The van der Waals surface area contributed by atoms with E-state index in [0.717, 1.165) is 46.9 Å². The van der Waals surface area contributed by atoms with Crippen molar-refractivity contribution in [3.8, 4) is 33.0 Å². The molecular weight excluding hydrogens is 454 g/mol.